The first-order valence-corrected chi connectivity index (χ1v) is 6.48. The Bertz CT molecular complexity index is 519. The molecule has 1 aromatic heterocycles. The topological polar surface area (TPSA) is 13.1 Å². The van der Waals surface area contributed by atoms with Crippen molar-refractivity contribution in [1.82, 2.24) is 0 Å². The van der Waals surface area contributed by atoms with Crippen LogP contribution in [0.5, 0.6) is 0 Å². The van der Waals surface area contributed by atoms with Gasteiger partial charge >= 0.3 is 0 Å². The van der Waals surface area contributed by atoms with E-state index in [0.29, 0.717) is 10.0 Å². The van der Waals surface area contributed by atoms with Gasteiger partial charge in [0.15, 0.2) is 0 Å². The largest absolute Gasteiger partial charge is 0.469 e. The van der Waals surface area contributed by atoms with Gasteiger partial charge in [-0.15, -0.1) is 11.6 Å². The summed E-state index contributed by atoms with van der Waals surface area (Å²) in [6.07, 6.45) is 2.47. The molecule has 0 bridgehead atoms. The van der Waals surface area contributed by atoms with E-state index < -0.39 is 0 Å². The molecular formula is C13H11Cl3O. The van der Waals surface area contributed by atoms with E-state index in [1.54, 1.807) is 18.4 Å². The predicted octanol–water partition coefficient (Wildman–Crippen LogP) is 5.48. The highest BCUT2D eigenvalue weighted by Gasteiger charge is 2.17. The minimum absolute atomic E-state index is 0.265. The van der Waals surface area contributed by atoms with Gasteiger partial charge in [-0.05, 0) is 23.8 Å². The molecule has 0 aliphatic carbocycles. The average molecular weight is 290 g/mol. The summed E-state index contributed by atoms with van der Waals surface area (Å²) < 4.78 is 5.37. The number of furan rings is 1. The van der Waals surface area contributed by atoms with Crippen molar-refractivity contribution in [1.29, 1.82) is 0 Å². The molecule has 1 heterocycles. The molecule has 0 saturated carbocycles. The Hall–Kier alpha value is -0.630. The smallest absolute Gasteiger partial charge is 0.108 e. The van der Waals surface area contributed by atoms with Crippen LogP contribution in [0.4, 0.5) is 0 Å². The number of benzene rings is 1. The second-order valence-electron chi connectivity index (χ2n) is 3.69. The van der Waals surface area contributed by atoms with E-state index in [-0.39, 0.29) is 5.38 Å². The molecule has 1 atom stereocenters. The van der Waals surface area contributed by atoms with Gasteiger partial charge in [0.25, 0.3) is 0 Å². The van der Waals surface area contributed by atoms with Gasteiger partial charge in [-0.25, -0.2) is 0 Å². The maximum absolute atomic E-state index is 6.42. The molecule has 1 unspecified atom stereocenters. The van der Waals surface area contributed by atoms with Gasteiger partial charge in [0.2, 0.25) is 0 Å². The Morgan fingerprint density at radius 2 is 1.94 bits per heavy atom. The summed E-state index contributed by atoms with van der Waals surface area (Å²) in [4.78, 5) is 0. The lowest BCUT2D eigenvalue weighted by atomic mass is 10.0. The molecule has 4 heteroatoms. The molecule has 0 fully saturated rings. The number of hydrogen-bond donors (Lipinski definition) is 0. The zero-order chi connectivity index (χ0) is 12.4. The Morgan fingerprint density at radius 1 is 1.18 bits per heavy atom. The minimum atomic E-state index is -0.265. The van der Waals surface area contributed by atoms with E-state index in [0.717, 1.165) is 23.3 Å². The lowest BCUT2D eigenvalue weighted by Gasteiger charge is -2.10. The van der Waals surface area contributed by atoms with Crippen LogP contribution in [0.1, 0.15) is 29.2 Å². The Morgan fingerprint density at radius 3 is 2.59 bits per heavy atom. The lowest BCUT2D eigenvalue weighted by Crippen LogP contribution is -1.95. The fourth-order valence-electron chi connectivity index (χ4n) is 1.71. The number of alkyl halides is 1. The van der Waals surface area contributed by atoms with Crippen LogP contribution in [0.25, 0.3) is 0 Å². The van der Waals surface area contributed by atoms with Crippen LogP contribution < -0.4 is 0 Å². The quantitative estimate of drug-likeness (QED) is 0.682. The first-order chi connectivity index (χ1) is 8.13. The molecule has 1 nitrogen and oxygen atoms in total. The fourth-order valence-corrected chi connectivity index (χ4v) is 2.35. The molecule has 0 N–H and O–H groups in total. The second-order valence-corrected chi connectivity index (χ2v) is 4.94. The highest BCUT2D eigenvalue weighted by atomic mass is 35.5. The summed E-state index contributed by atoms with van der Waals surface area (Å²) in [5, 5.41) is 0.775. The summed E-state index contributed by atoms with van der Waals surface area (Å²) in [6.45, 7) is 2.03. The fraction of sp³-hybridized carbons (Fsp3) is 0.231. The van der Waals surface area contributed by atoms with Crippen molar-refractivity contribution in [2.75, 3.05) is 0 Å². The molecule has 17 heavy (non-hydrogen) atoms. The molecule has 90 valence electrons. The predicted molar refractivity (Wildman–Crippen MR) is 72.2 cm³/mol. The lowest BCUT2D eigenvalue weighted by molar-refractivity contribution is 0.512. The zero-order valence-corrected chi connectivity index (χ0v) is 11.5. The number of halogens is 3. The third kappa shape index (κ3) is 2.62. The van der Waals surface area contributed by atoms with Crippen molar-refractivity contribution in [3.05, 3.63) is 57.5 Å². The molecule has 2 aromatic rings. The van der Waals surface area contributed by atoms with E-state index in [1.165, 1.54) is 0 Å². The van der Waals surface area contributed by atoms with Crippen LogP contribution in [0, 0.1) is 0 Å². The third-order valence-corrected chi connectivity index (χ3v) is 3.84. The highest BCUT2D eigenvalue weighted by molar-refractivity contribution is 6.42. The zero-order valence-electron chi connectivity index (χ0n) is 9.21. The monoisotopic (exact) mass is 288 g/mol. The van der Waals surface area contributed by atoms with E-state index in [1.807, 2.05) is 19.1 Å². The van der Waals surface area contributed by atoms with Gasteiger partial charge in [0.1, 0.15) is 5.76 Å². The molecule has 0 saturated heterocycles. The average Bonchev–Trinajstić information content (AvgIpc) is 2.80. The summed E-state index contributed by atoms with van der Waals surface area (Å²) in [5.41, 5.74) is 1.89. The third-order valence-electron chi connectivity index (χ3n) is 2.61. The highest BCUT2D eigenvalue weighted by Crippen LogP contribution is 2.35. The van der Waals surface area contributed by atoms with Crippen molar-refractivity contribution >= 4 is 34.8 Å². The summed E-state index contributed by atoms with van der Waals surface area (Å²) in [5.74, 6) is 0.899. The van der Waals surface area contributed by atoms with Crippen LogP contribution in [-0.4, -0.2) is 0 Å². The van der Waals surface area contributed by atoms with E-state index >= 15 is 0 Å². The molecule has 2 rings (SSSR count). The van der Waals surface area contributed by atoms with Crippen LogP contribution >= 0.6 is 34.8 Å². The van der Waals surface area contributed by atoms with Gasteiger partial charge in [-0.2, -0.15) is 0 Å². The van der Waals surface area contributed by atoms with Gasteiger partial charge in [0, 0.05) is 12.0 Å². The van der Waals surface area contributed by atoms with Crippen molar-refractivity contribution < 1.29 is 4.42 Å². The van der Waals surface area contributed by atoms with Gasteiger partial charge in [-0.1, -0.05) is 36.2 Å². The van der Waals surface area contributed by atoms with Crippen molar-refractivity contribution in [2.45, 2.75) is 18.7 Å². The van der Waals surface area contributed by atoms with Crippen LogP contribution in [0.15, 0.2) is 34.9 Å². The van der Waals surface area contributed by atoms with E-state index in [4.69, 9.17) is 39.2 Å². The second kappa shape index (κ2) is 5.34. The number of hydrogen-bond acceptors (Lipinski definition) is 1. The van der Waals surface area contributed by atoms with Gasteiger partial charge in [-0.3, -0.25) is 0 Å². The molecule has 0 spiro atoms. The van der Waals surface area contributed by atoms with Gasteiger partial charge in [0.05, 0.1) is 21.7 Å². The number of rotatable bonds is 3. The minimum Gasteiger partial charge on any atom is -0.469 e. The van der Waals surface area contributed by atoms with Crippen molar-refractivity contribution in [2.24, 2.45) is 0 Å². The Balaban J connectivity index is 2.36. The van der Waals surface area contributed by atoms with Crippen LogP contribution in [0.2, 0.25) is 10.0 Å². The normalized spacial score (nSPS) is 12.7. The molecule has 0 amide bonds. The first-order valence-electron chi connectivity index (χ1n) is 5.28. The SMILES string of the molecule is CCc1occc1C(Cl)c1ccc(Cl)c(Cl)c1. The molecule has 1 aromatic carbocycles. The Kier molecular flexibility index (Phi) is 4.03. The Labute approximate surface area is 115 Å². The molecule has 0 aliphatic rings. The van der Waals surface area contributed by atoms with Crippen molar-refractivity contribution in [3.63, 3.8) is 0 Å². The van der Waals surface area contributed by atoms with Crippen LogP contribution in [-0.2, 0) is 6.42 Å². The summed E-state index contributed by atoms with van der Waals surface area (Å²) in [7, 11) is 0. The standard InChI is InChI=1S/C13H11Cl3O/c1-2-12-9(5-6-17-12)13(16)8-3-4-10(14)11(15)7-8/h3-7,13H,2H2,1H3. The van der Waals surface area contributed by atoms with Crippen molar-refractivity contribution in [3.8, 4) is 0 Å². The summed E-state index contributed by atoms with van der Waals surface area (Å²) in [6, 6.07) is 7.30. The van der Waals surface area contributed by atoms with Gasteiger partial charge < -0.3 is 4.42 Å². The maximum Gasteiger partial charge on any atom is 0.108 e. The molecule has 0 radical (unpaired) electrons. The summed E-state index contributed by atoms with van der Waals surface area (Å²) >= 11 is 18.3. The molecular weight excluding hydrogens is 279 g/mol. The van der Waals surface area contributed by atoms with E-state index in [2.05, 4.69) is 0 Å². The van der Waals surface area contributed by atoms with Crippen LogP contribution in [0.3, 0.4) is 0 Å². The maximum atomic E-state index is 6.42. The first kappa shape index (κ1) is 12.8. The molecule has 0 aliphatic heterocycles. The number of aryl methyl sites for hydroxylation is 1. The van der Waals surface area contributed by atoms with E-state index in [9.17, 15) is 0 Å².